The summed E-state index contributed by atoms with van der Waals surface area (Å²) in [5, 5.41) is 0. The normalized spacial score (nSPS) is 13.6. The van der Waals surface area contributed by atoms with Crippen LogP contribution in [0.5, 0.6) is 0 Å². The predicted molar refractivity (Wildman–Crippen MR) is 47.7 cm³/mol. The van der Waals surface area contributed by atoms with Gasteiger partial charge in [-0.1, -0.05) is 13.3 Å². The number of hydrogen-bond donors (Lipinski definition) is 0. The molecule has 0 aliphatic carbocycles. The summed E-state index contributed by atoms with van der Waals surface area (Å²) in [5.41, 5.74) is 0. The number of unbranched alkanes of at least 4 members (excludes halogenated alkanes) is 1. The molecule has 0 saturated heterocycles. The first-order chi connectivity index (χ1) is 8.04. The standard InChI is InChI=1S/C9H12F6O3/c1-3-4-5-18-9(14,15)8(12,13)7(10,11)6(16)17-2/h3-5H2,1-2H3. The number of carbonyl (C=O) groups is 1. The Kier molecular flexibility index (Phi) is 5.45. The molecule has 3 nitrogen and oxygen atoms in total. The summed E-state index contributed by atoms with van der Waals surface area (Å²) < 4.78 is 84.0. The molecule has 0 N–H and O–H groups in total. The van der Waals surface area contributed by atoms with E-state index in [0.29, 0.717) is 13.5 Å². The van der Waals surface area contributed by atoms with Gasteiger partial charge in [-0.3, -0.25) is 0 Å². The Hall–Kier alpha value is -0.990. The average molecular weight is 282 g/mol. The summed E-state index contributed by atoms with van der Waals surface area (Å²) in [7, 11) is 0.377. The van der Waals surface area contributed by atoms with E-state index >= 15 is 0 Å². The summed E-state index contributed by atoms with van der Waals surface area (Å²) in [6, 6.07) is 0. The molecule has 0 aromatic heterocycles. The average Bonchev–Trinajstić information content (AvgIpc) is 2.27. The maximum absolute atomic E-state index is 12.9. The molecule has 0 bridgehead atoms. The van der Waals surface area contributed by atoms with Crippen LogP contribution in [0.15, 0.2) is 0 Å². The van der Waals surface area contributed by atoms with Gasteiger partial charge in [0.15, 0.2) is 0 Å². The van der Waals surface area contributed by atoms with Crippen LogP contribution in [0.25, 0.3) is 0 Å². The molecule has 9 heteroatoms. The lowest BCUT2D eigenvalue weighted by atomic mass is 10.1. The van der Waals surface area contributed by atoms with E-state index in [0.717, 1.165) is 0 Å². The number of rotatable bonds is 7. The van der Waals surface area contributed by atoms with Crippen molar-refractivity contribution < 1.29 is 40.6 Å². The lowest BCUT2D eigenvalue weighted by Gasteiger charge is -2.30. The molecule has 0 spiro atoms. The first-order valence-electron chi connectivity index (χ1n) is 4.90. The molecule has 0 radical (unpaired) electrons. The zero-order valence-electron chi connectivity index (χ0n) is 9.61. The summed E-state index contributed by atoms with van der Waals surface area (Å²) in [6.07, 6.45) is -5.15. The number of hydrogen-bond acceptors (Lipinski definition) is 3. The van der Waals surface area contributed by atoms with Gasteiger partial charge in [0.05, 0.1) is 13.7 Å². The van der Waals surface area contributed by atoms with Gasteiger partial charge in [-0.15, -0.1) is 0 Å². The molecule has 0 heterocycles. The number of ether oxygens (including phenoxy) is 2. The molecule has 0 atom stereocenters. The third-order valence-corrected chi connectivity index (χ3v) is 1.98. The van der Waals surface area contributed by atoms with Gasteiger partial charge in [-0.25, -0.2) is 4.79 Å². The molecule has 0 rings (SSSR count). The van der Waals surface area contributed by atoms with E-state index in [4.69, 9.17) is 0 Å². The molecule has 0 aromatic carbocycles. The van der Waals surface area contributed by atoms with Crippen molar-refractivity contribution >= 4 is 5.97 Å². The van der Waals surface area contributed by atoms with E-state index < -0.39 is 30.5 Å². The van der Waals surface area contributed by atoms with Crippen LogP contribution in [0.3, 0.4) is 0 Å². The van der Waals surface area contributed by atoms with Crippen LogP contribution in [-0.4, -0.2) is 37.6 Å². The zero-order chi connectivity index (χ0) is 14.6. The third-order valence-electron chi connectivity index (χ3n) is 1.98. The SMILES string of the molecule is CCCCOC(F)(F)C(F)(F)C(F)(F)C(=O)OC. The zero-order valence-corrected chi connectivity index (χ0v) is 9.61. The highest BCUT2D eigenvalue weighted by molar-refractivity contribution is 5.79. The maximum atomic E-state index is 12.9. The molecule has 0 fully saturated rings. The van der Waals surface area contributed by atoms with Crippen LogP contribution in [-0.2, 0) is 14.3 Å². The van der Waals surface area contributed by atoms with E-state index in [1.54, 1.807) is 6.92 Å². The molecule has 0 aromatic rings. The van der Waals surface area contributed by atoms with Crippen molar-refractivity contribution in [2.24, 2.45) is 0 Å². The fourth-order valence-corrected chi connectivity index (χ4v) is 0.874. The second-order valence-electron chi connectivity index (χ2n) is 3.36. The summed E-state index contributed by atoms with van der Waals surface area (Å²) >= 11 is 0. The van der Waals surface area contributed by atoms with E-state index in [1.165, 1.54) is 0 Å². The molecular formula is C9H12F6O3. The number of alkyl halides is 6. The largest absolute Gasteiger partial charge is 0.464 e. The smallest absolute Gasteiger partial charge is 0.426 e. The molecule has 108 valence electrons. The Labute approximate surface area is 99.0 Å². The molecular weight excluding hydrogens is 270 g/mol. The van der Waals surface area contributed by atoms with Crippen molar-refractivity contribution in [1.29, 1.82) is 0 Å². The van der Waals surface area contributed by atoms with Crippen molar-refractivity contribution in [3.8, 4) is 0 Å². The van der Waals surface area contributed by atoms with Gasteiger partial charge in [-0.05, 0) is 6.42 Å². The van der Waals surface area contributed by atoms with E-state index in [1.807, 2.05) is 0 Å². The van der Waals surface area contributed by atoms with Crippen molar-refractivity contribution in [3.05, 3.63) is 0 Å². The van der Waals surface area contributed by atoms with Gasteiger partial charge in [0.1, 0.15) is 0 Å². The molecule has 0 aliphatic heterocycles. The molecule has 0 aliphatic rings. The number of carbonyl (C=O) groups excluding carboxylic acids is 1. The Morgan fingerprint density at radius 1 is 1.11 bits per heavy atom. The van der Waals surface area contributed by atoms with Gasteiger partial charge in [0, 0.05) is 0 Å². The highest BCUT2D eigenvalue weighted by Gasteiger charge is 2.77. The number of methoxy groups -OCH3 is 1. The van der Waals surface area contributed by atoms with Crippen LogP contribution < -0.4 is 0 Å². The Bertz CT molecular complexity index is 292. The van der Waals surface area contributed by atoms with Crippen molar-refractivity contribution in [3.63, 3.8) is 0 Å². The Morgan fingerprint density at radius 2 is 1.61 bits per heavy atom. The highest BCUT2D eigenvalue weighted by Crippen LogP contribution is 2.46. The van der Waals surface area contributed by atoms with Gasteiger partial charge < -0.3 is 9.47 Å². The third kappa shape index (κ3) is 3.06. The van der Waals surface area contributed by atoms with Crippen molar-refractivity contribution in [1.82, 2.24) is 0 Å². The van der Waals surface area contributed by atoms with Crippen LogP contribution in [0.2, 0.25) is 0 Å². The van der Waals surface area contributed by atoms with Crippen LogP contribution in [0.1, 0.15) is 19.8 Å². The quantitative estimate of drug-likeness (QED) is 0.409. The van der Waals surface area contributed by atoms with Crippen molar-refractivity contribution in [2.75, 3.05) is 13.7 Å². The van der Waals surface area contributed by atoms with E-state index in [-0.39, 0.29) is 6.42 Å². The maximum Gasteiger partial charge on any atom is 0.426 e. The van der Waals surface area contributed by atoms with Crippen LogP contribution >= 0.6 is 0 Å². The number of esters is 1. The lowest BCUT2D eigenvalue weighted by Crippen LogP contribution is -2.59. The molecule has 0 amide bonds. The minimum atomic E-state index is -6.00. The molecule has 0 saturated carbocycles. The van der Waals surface area contributed by atoms with Gasteiger partial charge in [0.2, 0.25) is 0 Å². The van der Waals surface area contributed by atoms with E-state index in [9.17, 15) is 31.1 Å². The fourth-order valence-electron chi connectivity index (χ4n) is 0.874. The van der Waals surface area contributed by atoms with Gasteiger partial charge >= 0.3 is 23.9 Å². The minimum Gasteiger partial charge on any atom is -0.464 e. The van der Waals surface area contributed by atoms with Gasteiger partial charge in [-0.2, -0.15) is 26.3 Å². The van der Waals surface area contributed by atoms with E-state index in [2.05, 4.69) is 9.47 Å². The Balaban J connectivity index is 5.03. The first-order valence-corrected chi connectivity index (χ1v) is 4.90. The summed E-state index contributed by atoms with van der Waals surface area (Å²) in [5.74, 6) is -14.4. The molecule has 18 heavy (non-hydrogen) atoms. The van der Waals surface area contributed by atoms with Crippen LogP contribution in [0.4, 0.5) is 26.3 Å². The first kappa shape index (κ1) is 17.0. The lowest BCUT2D eigenvalue weighted by molar-refractivity contribution is -0.392. The van der Waals surface area contributed by atoms with Crippen LogP contribution in [0, 0.1) is 0 Å². The van der Waals surface area contributed by atoms with Gasteiger partial charge in [0.25, 0.3) is 0 Å². The molecule has 0 unspecified atom stereocenters. The topological polar surface area (TPSA) is 35.5 Å². The Morgan fingerprint density at radius 3 is 2.00 bits per heavy atom. The fraction of sp³-hybridized carbons (Fsp3) is 0.889. The second kappa shape index (κ2) is 5.77. The summed E-state index contributed by atoms with van der Waals surface area (Å²) in [6.45, 7) is 0.721. The highest BCUT2D eigenvalue weighted by atomic mass is 19.3. The number of halogens is 6. The van der Waals surface area contributed by atoms with Crippen molar-refractivity contribution in [2.45, 2.75) is 37.7 Å². The second-order valence-corrected chi connectivity index (χ2v) is 3.36. The minimum absolute atomic E-state index is 0.0184. The summed E-state index contributed by atoms with van der Waals surface area (Å²) in [4.78, 5) is 10.4. The monoisotopic (exact) mass is 282 g/mol. The predicted octanol–water partition coefficient (Wildman–Crippen LogP) is 2.84.